The summed E-state index contributed by atoms with van der Waals surface area (Å²) in [5, 5.41) is 10.9. The Balaban J connectivity index is 2.09. The summed E-state index contributed by atoms with van der Waals surface area (Å²) >= 11 is 5.99. The second-order valence-electron chi connectivity index (χ2n) is 4.07. The average molecular weight is 280 g/mol. The van der Waals surface area contributed by atoms with Crippen LogP contribution in [0.3, 0.4) is 0 Å². The molecule has 1 heterocycles. The van der Waals surface area contributed by atoms with Crippen molar-refractivity contribution in [3.05, 3.63) is 40.7 Å². The van der Waals surface area contributed by atoms with E-state index in [1.807, 2.05) is 13.0 Å². The molecule has 0 unspecified atom stereocenters. The molecule has 0 spiro atoms. The topological polar surface area (TPSA) is 85.8 Å². The summed E-state index contributed by atoms with van der Waals surface area (Å²) in [6, 6.07) is 5.31. The minimum Gasteiger partial charge on any atom is -0.329 e. The van der Waals surface area contributed by atoms with E-state index >= 15 is 0 Å². The van der Waals surface area contributed by atoms with Crippen molar-refractivity contribution in [2.24, 2.45) is 5.73 Å². The fourth-order valence-corrected chi connectivity index (χ4v) is 1.69. The maximum absolute atomic E-state index is 11.9. The van der Waals surface area contributed by atoms with Crippen LogP contribution in [0, 0.1) is 6.92 Å². The van der Waals surface area contributed by atoms with E-state index in [1.54, 1.807) is 18.3 Å². The summed E-state index contributed by atoms with van der Waals surface area (Å²) < 4.78 is 1.52. The van der Waals surface area contributed by atoms with Crippen LogP contribution in [0.2, 0.25) is 5.02 Å². The van der Waals surface area contributed by atoms with E-state index < -0.39 is 0 Å². The second kappa shape index (κ2) is 5.81. The van der Waals surface area contributed by atoms with Crippen LogP contribution in [0.4, 0.5) is 5.69 Å². The summed E-state index contributed by atoms with van der Waals surface area (Å²) in [7, 11) is 0. The highest BCUT2D eigenvalue weighted by molar-refractivity contribution is 6.31. The Morgan fingerprint density at radius 3 is 3.00 bits per heavy atom. The Bertz CT molecular complexity index is 596. The van der Waals surface area contributed by atoms with Gasteiger partial charge in [0.25, 0.3) is 5.91 Å². The van der Waals surface area contributed by atoms with E-state index in [2.05, 4.69) is 15.6 Å². The Morgan fingerprint density at radius 1 is 1.53 bits per heavy atom. The number of anilines is 1. The number of rotatable bonds is 4. The third kappa shape index (κ3) is 3.30. The SMILES string of the molecule is Cc1ccc(NC(=O)c2cn(CCN)nn2)cc1Cl. The number of carbonyl (C=O) groups is 1. The van der Waals surface area contributed by atoms with Crippen molar-refractivity contribution < 1.29 is 4.79 Å². The Hall–Kier alpha value is -1.92. The number of aromatic nitrogens is 3. The minimum absolute atomic E-state index is 0.241. The number of nitrogens with zero attached hydrogens (tertiary/aromatic N) is 3. The van der Waals surface area contributed by atoms with Crippen LogP contribution < -0.4 is 11.1 Å². The summed E-state index contributed by atoms with van der Waals surface area (Å²) in [4.78, 5) is 11.9. The number of benzene rings is 1. The molecular weight excluding hydrogens is 266 g/mol. The minimum atomic E-state index is -0.330. The molecule has 0 saturated carbocycles. The molecular formula is C12H14ClN5O. The number of halogens is 1. The highest BCUT2D eigenvalue weighted by Crippen LogP contribution is 2.20. The lowest BCUT2D eigenvalue weighted by Gasteiger charge is -2.04. The van der Waals surface area contributed by atoms with E-state index in [-0.39, 0.29) is 11.6 Å². The van der Waals surface area contributed by atoms with Gasteiger partial charge in [-0.15, -0.1) is 5.10 Å². The van der Waals surface area contributed by atoms with E-state index in [4.69, 9.17) is 17.3 Å². The molecule has 0 aliphatic rings. The smallest absolute Gasteiger partial charge is 0.277 e. The van der Waals surface area contributed by atoms with Crippen molar-refractivity contribution in [3.63, 3.8) is 0 Å². The quantitative estimate of drug-likeness (QED) is 0.887. The average Bonchev–Trinajstić information content (AvgIpc) is 2.83. The van der Waals surface area contributed by atoms with Crippen molar-refractivity contribution in [2.45, 2.75) is 13.5 Å². The van der Waals surface area contributed by atoms with Crippen molar-refractivity contribution >= 4 is 23.2 Å². The highest BCUT2D eigenvalue weighted by Gasteiger charge is 2.11. The van der Waals surface area contributed by atoms with Gasteiger partial charge in [-0.1, -0.05) is 22.9 Å². The van der Waals surface area contributed by atoms with Crippen LogP contribution in [0.25, 0.3) is 0 Å². The lowest BCUT2D eigenvalue weighted by Crippen LogP contribution is -2.13. The Kier molecular flexibility index (Phi) is 4.13. The largest absolute Gasteiger partial charge is 0.329 e. The van der Waals surface area contributed by atoms with Gasteiger partial charge >= 0.3 is 0 Å². The zero-order valence-corrected chi connectivity index (χ0v) is 11.2. The Morgan fingerprint density at radius 2 is 2.32 bits per heavy atom. The molecule has 3 N–H and O–H groups in total. The summed E-state index contributed by atoms with van der Waals surface area (Å²) in [6.07, 6.45) is 1.55. The van der Waals surface area contributed by atoms with Crippen LogP contribution in [-0.4, -0.2) is 27.4 Å². The van der Waals surface area contributed by atoms with Gasteiger partial charge in [-0.25, -0.2) is 0 Å². The Labute approximate surface area is 115 Å². The van der Waals surface area contributed by atoms with Gasteiger partial charge in [0.2, 0.25) is 0 Å². The van der Waals surface area contributed by atoms with Gasteiger partial charge in [0.05, 0.1) is 12.7 Å². The summed E-state index contributed by atoms with van der Waals surface area (Å²) in [5.74, 6) is -0.330. The van der Waals surface area contributed by atoms with Crippen LogP contribution >= 0.6 is 11.6 Å². The number of aryl methyl sites for hydroxylation is 1. The first-order valence-electron chi connectivity index (χ1n) is 5.78. The predicted molar refractivity (Wildman–Crippen MR) is 73.2 cm³/mol. The van der Waals surface area contributed by atoms with E-state index in [0.717, 1.165) is 5.56 Å². The molecule has 0 atom stereocenters. The first-order valence-corrected chi connectivity index (χ1v) is 6.15. The van der Waals surface area contributed by atoms with Gasteiger partial charge in [-0.05, 0) is 24.6 Å². The van der Waals surface area contributed by atoms with Gasteiger partial charge in [0, 0.05) is 17.3 Å². The molecule has 0 aliphatic carbocycles. The van der Waals surface area contributed by atoms with Crippen molar-refractivity contribution in [1.82, 2.24) is 15.0 Å². The van der Waals surface area contributed by atoms with Crippen LogP contribution in [0.1, 0.15) is 16.1 Å². The van der Waals surface area contributed by atoms with E-state index in [9.17, 15) is 4.79 Å². The van der Waals surface area contributed by atoms with E-state index in [0.29, 0.717) is 23.8 Å². The molecule has 6 nitrogen and oxygen atoms in total. The first-order chi connectivity index (χ1) is 9.10. The molecule has 0 bridgehead atoms. The molecule has 0 radical (unpaired) electrons. The van der Waals surface area contributed by atoms with Gasteiger partial charge in [0.1, 0.15) is 0 Å². The van der Waals surface area contributed by atoms with Gasteiger partial charge in [-0.3, -0.25) is 9.48 Å². The highest BCUT2D eigenvalue weighted by atomic mass is 35.5. The van der Waals surface area contributed by atoms with Gasteiger partial charge < -0.3 is 11.1 Å². The maximum Gasteiger partial charge on any atom is 0.277 e. The maximum atomic E-state index is 11.9. The predicted octanol–water partition coefficient (Wildman–Crippen LogP) is 1.45. The normalized spacial score (nSPS) is 10.5. The summed E-state index contributed by atoms with van der Waals surface area (Å²) in [5.41, 5.74) is 7.21. The van der Waals surface area contributed by atoms with Gasteiger partial charge in [-0.2, -0.15) is 0 Å². The lowest BCUT2D eigenvalue weighted by atomic mass is 10.2. The standard InChI is InChI=1S/C12H14ClN5O/c1-8-2-3-9(6-10(8)13)15-12(19)11-7-18(5-4-14)17-16-11/h2-3,6-7H,4-5,14H2,1H3,(H,15,19). The van der Waals surface area contributed by atoms with E-state index in [1.165, 1.54) is 4.68 Å². The lowest BCUT2D eigenvalue weighted by molar-refractivity contribution is 0.102. The molecule has 2 rings (SSSR count). The molecule has 0 fully saturated rings. The number of hydrogen-bond acceptors (Lipinski definition) is 4. The van der Waals surface area contributed by atoms with Crippen molar-refractivity contribution in [3.8, 4) is 0 Å². The molecule has 100 valence electrons. The third-order valence-corrected chi connectivity index (χ3v) is 2.97. The molecule has 7 heteroatoms. The number of carbonyl (C=O) groups excluding carboxylic acids is 1. The third-order valence-electron chi connectivity index (χ3n) is 2.56. The number of hydrogen-bond donors (Lipinski definition) is 2. The molecule has 0 saturated heterocycles. The fourth-order valence-electron chi connectivity index (χ4n) is 1.51. The number of amides is 1. The monoisotopic (exact) mass is 279 g/mol. The fraction of sp³-hybridized carbons (Fsp3) is 0.250. The summed E-state index contributed by atoms with van der Waals surface area (Å²) in [6.45, 7) is 2.86. The molecule has 1 aromatic heterocycles. The molecule has 1 aromatic carbocycles. The number of nitrogens with two attached hydrogens (primary N) is 1. The van der Waals surface area contributed by atoms with Crippen LogP contribution in [-0.2, 0) is 6.54 Å². The van der Waals surface area contributed by atoms with Crippen LogP contribution in [0.5, 0.6) is 0 Å². The molecule has 0 aliphatic heterocycles. The molecule has 2 aromatic rings. The second-order valence-corrected chi connectivity index (χ2v) is 4.48. The number of nitrogens with one attached hydrogen (secondary N) is 1. The zero-order valence-electron chi connectivity index (χ0n) is 10.4. The molecule has 1 amide bonds. The van der Waals surface area contributed by atoms with Gasteiger partial charge in [0.15, 0.2) is 5.69 Å². The zero-order chi connectivity index (χ0) is 13.8. The van der Waals surface area contributed by atoms with Crippen molar-refractivity contribution in [1.29, 1.82) is 0 Å². The van der Waals surface area contributed by atoms with Crippen molar-refractivity contribution in [2.75, 3.05) is 11.9 Å². The first kappa shape index (κ1) is 13.5. The van der Waals surface area contributed by atoms with Crippen LogP contribution in [0.15, 0.2) is 24.4 Å². The molecule has 19 heavy (non-hydrogen) atoms.